The van der Waals surface area contributed by atoms with Crippen LogP contribution in [0.1, 0.15) is 62.3 Å². The molecule has 1 saturated carbocycles. The van der Waals surface area contributed by atoms with E-state index in [0.717, 1.165) is 18.6 Å². The van der Waals surface area contributed by atoms with Crippen LogP contribution in [0.3, 0.4) is 0 Å². The first-order chi connectivity index (χ1) is 9.44. The molecule has 2 bridgehead atoms. The van der Waals surface area contributed by atoms with Gasteiger partial charge in [-0.15, -0.1) is 0 Å². The molecule has 2 nitrogen and oxygen atoms in total. The Morgan fingerprint density at radius 1 is 1.25 bits per heavy atom. The highest BCUT2D eigenvalue weighted by Crippen LogP contribution is 2.63. The number of benzene rings is 1. The van der Waals surface area contributed by atoms with Crippen LogP contribution in [0.25, 0.3) is 0 Å². The topological polar surface area (TPSA) is 29.5 Å². The molecule has 5 rings (SSSR count). The van der Waals surface area contributed by atoms with Gasteiger partial charge in [0.2, 0.25) is 0 Å². The van der Waals surface area contributed by atoms with Crippen LogP contribution in [0.5, 0.6) is 5.75 Å². The van der Waals surface area contributed by atoms with Gasteiger partial charge in [-0.1, -0.05) is 20.3 Å². The van der Waals surface area contributed by atoms with Crippen molar-refractivity contribution in [2.24, 2.45) is 11.3 Å². The summed E-state index contributed by atoms with van der Waals surface area (Å²) in [4.78, 5) is 0. The van der Waals surface area contributed by atoms with Crippen LogP contribution in [0.4, 0.5) is 0 Å². The molecule has 0 unspecified atom stereocenters. The lowest BCUT2D eigenvalue weighted by Crippen LogP contribution is -2.56. The summed E-state index contributed by atoms with van der Waals surface area (Å²) in [5.74, 6) is 1.14. The average molecular weight is 272 g/mol. The smallest absolute Gasteiger partial charge is 0.118 e. The fraction of sp³-hybridized carbons (Fsp3) is 0.667. The van der Waals surface area contributed by atoms with Gasteiger partial charge in [0.15, 0.2) is 0 Å². The van der Waals surface area contributed by atoms with Crippen molar-refractivity contribution in [1.82, 2.24) is 0 Å². The molecule has 108 valence electrons. The number of aromatic hydroxyl groups is 1. The predicted molar refractivity (Wildman–Crippen MR) is 79.0 cm³/mol. The number of ether oxygens (including phenoxy) is 1. The van der Waals surface area contributed by atoms with Gasteiger partial charge in [0.1, 0.15) is 5.75 Å². The summed E-state index contributed by atoms with van der Waals surface area (Å²) in [6.07, 6.45) is 5.20. The number of hydrogen-bond acceptors (Lipinski definition) is 2. The molecule has 1 spiro atoms. The summed E-state index contributed by atoms with van der Waals surface area (Å²) < 4.78 is 6.17. The van der Waals surface area contributed by atoms with Crippen molar-refractivity contribution in [3.8, 4) is 5.75 Å². The lowest BCUT2D eigenvalue weighted by Gasteiger charge is -2.60. The molecule has 2 aliphatic carbocycles. The van der Waals surface area contributed by atoms with Crippen molar-refractivity contribution in [3.63, 3.8) is 0 Å². The molecular formula is C18H24O2. The van der Waals surface area contributed by atoms with E-state index in [1.165, 1.54) is 30.4 Å². The third-order valence-corrected chi connectivity index (χ3v) is 6.30. The summed E-state index contributed by atoms with van der Waals surface area (Å²) >= 11 is 0. The van der Waals surface area contributed by atoms with E-state index in [-0.39, 0.29) is 11.5 Å². The Morgan fingerprint density at radius 3 is 2.85 bits per heavy atom. The minimum Gasteiger partial charge on any atom is -0.508 e. The Labute approximate surface area is 121 Å². The van der Waals surface area contributed by atoms with Gasteiger partial charge >= 0.3 is 0 Å². The molecule has 0 aromatic heterocycles. The predicted octanol–water partition coefficient (Wildman–Crippen LogP) is 4.24. The highest BCUT2D eigenvalue weighted by Gasteiger charge is 2.58. The van der Waals surface area contributed by atoms with Gasteiger partial charge < -0.3 is 9.84 Å². The van der Waals surface area contributed by atoms with E-state index in [9.17, 15) is 5.11 Å². The third kappa shape index (κ3) is 1.43. The maximum Gasteiger partial charge on any atom is 0.118 e. The molecule has 1 aromatic rings. The first kappa shape index (κ1) is 12.7. The number of aryl methyl sites for hydroxylation is 1. The molecule has 2 fully saturated rings. The lowest BCUT2D eigenvalue weighted by molar-refractivity contribution is -0.136. The molecule has 1 aromatic carbocycles. The van der Waals surface area contributed by atoms with Crippen molar-refractivity contribution < 1.29 is 9.84 Å². The van der Waals surface area contributed by atoms with Gasteiger partial charge in [-0.3, -0.25) is 0 Å². The van der Waals surface area contributed by atoms with Crippen molar-refractivity contribution in [1.29, 1.82) is 0 Å². The van der Waals surface area contributed by atoms with E-state index in [0.29, 0.717) is 17.1 Å². The van der Waals surface area contributed by atoms with Gasteiger partial charge in [0.05, 0.1) is 12.7 Å². The van der Waals surface area contributed by atoms with Crippen molar-refractivity contribution in [3.05, 3.63) is 28.8 Å². The van der Waals surface area contributed by atoms with Gasteiger partial charge in [0.25, 0.3) is 0 Å². The first-order valence-electron chi connectivity index (χ1n) is 7.90. The second-order valence-electron chi connectivity index (χ2n) is 7.81. The third-order valence-electron chi connectivity index (χ3n) is 6.30. The Kier molecular flexibility index (Phi) is 2.41. The van der Waals surface area contributed by atoms with Crippen molar-refractivity contribution in [2.45, 2.75) is 58.0 Å². The van der Waals surface area contributed by atoms with Crippen LogP contribution in [-0.2, 0) is 10.2 Å². The number of rotatable bonds is 0. The van der Waals surface area contributed by atoms with E-state index in [1.54, 1.807) is 0 Å². The zero-order valence-electron chi connectivity index (χ0n) is 12.7. The zero-order valence-corrected chi connectivity index (χ0v) is 12.7. The average Bonchev–Trinajstić information content (AvgIpc) is 2.40. The number of hydrogen-bond donors (Lipinski definition) is 1. The Balaban J connectivity index is 1.94. The summed E-state index contributed by atoms with van der Waals surface area (Å²) in [6.45, 7) is 7.68. The lowest BCUT2D eigenvalue weighted by atomic mass is 9.48. The van der Waals surface area contributed by atoms with Crippen LogP contribution in [0.2, 0.25) is 0 Å². The van der Waals surface area contributed by atoms with Gasteiger partial charge in [-0.2, -0.15) is 0 Å². The van der Waals surface area contributed by atoms with Gasteiger partial charge in [-0.05, 0) is 66.3 Å². The monoisotopic (exact) mass is 272 g/mol. The summed E-state index contributed by atoms with van der Waals surface area (Å²) in [7, 11) is 0. The summed E-state index contributed by atoms with van der Waals surface area (Å²) in [5, 5.41) is 10.2. The Morgan fingerprint density at radius 2 is 2.05 bits per heavy atom. The van der Waals surface area contributed by atoms with Crippen LogP contribution in [0.15, 0.2) is 12.1 Å². The van der Waals surface area contributed by atoms with Gasteiger partial charge in [0, 0.05) is 5.41 Å². The van der Waals surface area contributed by atoms with E-state index in [2.05, 4.69) is 19.9 Å². The summed E-state index contributed by atoms with van der Waals surface area (Å²) in [5.41, 5.74) is 4.25. The largest absolute Gasteiger partial charge is 0.508 e. The van der Waals surface area contributed by atoms with Crippen molar-refractivity contribution in [2.75, 3.05) is 6.61 Å². The number of phenols is 1. The maximum absolute atomic E-state index is 10.2. The standard InChI is InChI=1S/C18H24O2/c1-11-7-12-13(8-14(11)19)18-6-4-5-17(2,3)16(18)9-15(12)20-10-18/h7-8,15-16,19H,4-6,9-10H2,1-3H3/t15-,16+,18-/m0/s1. The quantitative estimate of drug-likeness (QED) is 0.765. The fourth-order valence-electron chi connectivity index (χ4n) is 5.24. The molecule has 2 aliphatic heterocycles. The number of phenolic OH excluding ortho intramolecular Hbond substituents is 1. The Bertz CT molecular complexity index is 575. The van der Waals surface area contributed by atoms with E-state index in [1.807, 2.05) is 13.0 Å². The van der Waals surface area contributed by atoms with E-state index in [4.69, 9.17) is 4.74 Å². The molecule has 2 heterocycles. The second-order valence-corrected chi connectivity index (χ2v) is 7.81. The molecule has 1 N–H and O–H groups in total. The molecule has 3 atom stereocenters. The SMILES string of the molecule is Cc1cc2c(cc1O)[C@@]13CCCC(C)(C)[C@H]1C[C@@H]2OC3. The fourth-order valence-corrected chi connectivity index (χ4v) is 5.24. The molecular weight excluding hydrogens is 248 g/mol. The molecule has 1 saturated heterocycles. The van der Waals surface area contributed by atoms with Crippen LogP contribution < -0.4 is 0 Å². The molecule has 20 heavy (non-hydrogen) atoms. The number of fused-ring (bicyclic) bond motifs is 1. The summed E-state index contributed by atoms with van der Waals surface area (Å²) in [6, 6.07) is 4.21. The van der Waals surface area contributed by atoms with E-state index >= 15 is 0 Å². The first-order valence-corrected chi connectivity index (χ1v) is 7.90. The highest BCUT2D eigenvalue weighted by atomic mass is 16.5. The van der Waals surface area contributed by atoms with Crippen molar-refractivity contribution >= 4 is 0 Å². The molecule has 2 heteroatoms. The van der Waals surface area contributed by atoms with Crippen LogP contribution in [0, 0.1) is 18.3 Å². The molecule has 0 amide bonds. The molecule has 0 radical (unpaired) electrons. The van der Waals surface area contributed by atoms with Gasteiger partial charge in [-0.25, -0.2) is 0 Å². The minimum atomic E-state index is 0.150. The maximum atomic E-state index is 10.2. The Hall–Kier alpha value is -1.02. The normalized spacial score (nSPS) is 37.4. The van der Waals surface area contributed by atoms with E-state index < -0.39 is 0 Å². The highest BCUT2D eigenvalue weighted by molar-refractivity contribution is 5.50. The van der Waals surface area contributed by atoms with Crippen LogP contribution >= 0.6 is 0 Å². The second kappa shape index (κ2) is 3.79. The minimum absolute atomic E-state index is 0.150. The zero-order chi connectivity index (χ0) is 14.1. The molecule has 4 aliphatic rings. The van der Waals surface area contributed by atoms with Crippen LogP contribution in [-0.4, -0.2) is 11.7 Å².